The number of ether oxygens (including phenoxy) is 1. The third-order valence-electron chi connectivity index (χ3n) is 5.40. The standard InChI is InChI=1S/C24H31N3O4S2/c1-17-8-11-19(12-9-17)33(29,30)16-6-7-21(28)27(15-14-26(3)4)24-25-22-20(31-5)13-10-18(2)23(22)32-24/h8-13H,6-7,14-16H2,1-5H3. The molecule has 178 valence electrons. The Morgan fingerprint density at radius 3 is 2.39 bits per heavy atom. The number of amides is 1. The normalized spacial score (nSPS) is 11.8. The van der Waals surface area contributed by atoms with Gasteiger partial charge in [0.05, 0.1) is 22.5 Å². The van der Waals surface area contributed by atoms with E-state index in [4.69, 9.17) is 9.72 Å². The van der Waals surface area contributed by atoms with Crippen molar-refractivity contribution in [2.24, 2.45) is 0 Å². The minimum absolute atomic E-state index is 0.0733. The number of aryl methyl sites for hydroxylation is 2. The number of carbonyl (C=O) groups is 1. The van der Waals surface area contributed by atoms with Crippen LogP contribution in [0.15, 0.2) is 41.3 Å². The predicted molar refractivity (Wildman–Crippen MR) is 134 cm³/mol. The number of benzene rings is 2. The van der Waals surface area contributed by atoms with Crippen molar-refractivity contribution in [3.63, 3.8) is 0 Å². The molecule has 3 aromatic rings. The Kier molecular flexibility index (Phi) is 8.10. The largest absolute Gasteiger partial charge is 0.494 e. The number of fused-ring (bicyclic) bond motifs is 1. The molecule has 0 unspecified atom stereocenters. The summed E-state index contributed by atoms with van der Waals surface area (Å²) < 4.78 is 31.7. The molecule has 3 rings (SSSR count). The van der Waals surface area contributed by atoms with Gasteiger partial charge in [-0.3, -0.25) is 9.69 Å². The van der Waals surface area contributed by atoms with Crippen molar-refractivity contribution < 1.29 is 17.9 Å². The van der Waals surface area contributed by atoms with Gasteiger partial charge in [0.25, 0.3) is 0 Å². The highest BCUT2D eigenvalue weighted by Gasteiger charge is 2.23. The molecule has 0 saturated heterocycles. The lowest BCUT2D eigenvalue weighted by Crippen LogP contribution is -2.36. The molecule has 1 heterocycles. The summed E-state index contributed by atoms with van der Waals surface area (Å²) in [6.45, 7) is 5.05. The molecule has 0 aliphatic rings. The second kappa shape index (κ2) is 10.6. The van der Waals surface area contributed by atoms with Crippen LogP contribution >= 0.6 is 11.3 Å². The number of sulfone groups is 1. The molecule has 0 spiro atoms. The molecule has 0 bridgehead atoms. The van der Waals surface area contributed by atoms with E-state index in [1.165, 1.54) is 11.3 Å². The summed E-state index contributed by atoms with van der Waals surface area (Å²) in [5.74, 6) is 0.463. The number of methoxy groups -OCH3 is 1. The van der Waals surface area contributed by atoms with E-state index in [1.807, 2.05) is 45.0 Å². The highest BCUT2D eigenvalue weighted by molar-refractivity contribution is 7.91. The van der Waals surface area contributed by atoms with Gasteiger partial charge in [0.2, 0.25) is 5.91 Å². The fourth-order valence-corrected chi connectivity index (χ4v) is 5.82. The number of carbonyl (C=O) groups excluding carboxylic acids is 1. The molecular formula is C24H31N3O4S2. The monoisotopic (exact) mass is 489 g/mol. The van der Waals surface area contributed by atoms with Crippen LogP contribution in [0, 0.1) is 13.8 Å². The van der Waals surface area contributed by atoms with Crippen LogP contribution in [0.4, 0.5) is 5.13 Å². The van der Waals surface area contributed by atoms with Gasteiger partial charge >= 0.3 is 0 Å². The first-order valence-electron chi connectivity index (χ1n) is 10.8. The smallest absolute Gasteiger partial charge is 0.228 e. The SMILES string of the molecule is COc1ccc(C)c2sc(N(CCN(C)C)C(=O)CCCS(=O)(=O)c3ccc(C)cc3)nc12. The molecule has 1 aromatic heterocycles. The Balaban J connectivity index is 1.78. The first-order chi connectivity index (χ1) is 15.6. The van der Waals surface area contributed by atoms with Gasteiger partial charge < -0.3 is 9.64 Å². The minimum Gasteiger partial charge on any atom is -0.494 e. The lowest BCUT2D eigenvalue weighted by atomic mass is 10.2. The second-order valence-electron chi connectivity index (χ2n) is 8.34. The van der Waals surface area contributed by atoms with Gasteiger partial charge in [-0.1, -0.05) is 35.1 Å². The molecule has 0 atom stereocenters. The Bertz CT molecular complexity index is 1220. The van der Waals surface area contributed by atoms with Crippen LogP contribution in [0.25, 0.3) is 10.2 Å². The molecule has 0 aliphatic carbocycles. The number of nitrogens with zero attached hydrogens (tertiary/aromatic N) is 3. The predicted octanol–water partition coefficient (Wildman–Crippen LogP) is 4.07. The molecule has 7 nitrogen and oxygen atoms in total. The van der Waals surface area contributed by atoms with E-state index < -0.39 is 9.84 Å². The van der Waals surface area contributed by atoms with Crippen molar-refractivity contribution in [2.75, 3.05) is 44.9 Å². The lowest BCUT2D eigenvalue weighted by molar-refractivity contribution is -0.118. The van der Waals surface area contributed by atoms with E-state index >= 15 is 0 Å². The van der Waals surface area contributed by atoms with Crippen LogP contribution in [0.1, 0.15) is 24.0 Å². The Morgan fingerprint density at radius 1 is 1.06 bits per heavy atom. The summed E-state index contributed by atoms with van der Waals surface area (Å²) in [7, 11) is 2.06. The fourth-order valence-electron chi connectivity index (χ4n) is 3.42. The van der Waals surface area contributed by atoms with Crippen LogP contribution < -0.4 is 9.64 Å². The second-order valence-corrected chi connectivity index (χ2v) is 11.4. The van der Waals surface area contributed by atoms with Crippen molar-refractivity contribution >= 4 is 42.4 Å². The summed E-state index contributed by atoms with van der Waals surface area (Å²) in [6, 6.07) is 10.7. The molecule has 0 N–H and O–H groups in total. The number of thiazole rings is 1. The number of rotatable bonds is 10. The highest BCUT2D eigenvalue weighted by Crippen LogP contribution is 2.36. The average molecular weight is 490 g/mol. The van der Waals surface area contributed by atoms with E-state index in [0.717, 1.165) is 21.3 Å². The van der Waals surface area contributed by atoms with Crippen molar-refractivity contribution in [2.45, 2.75) is 31.6 Å². The van der Waals surface area contributed by atoms with E-state index in [0.29, 0.717) is 28.9 Å². The fraction of sp³-hybridized carbons (Fsp3) is 0.417. The molecular weight excluding hydrogens is 458 g/mol. The summed E-state index contributed by atoms with van der Waals surface area (Å²) >= 11 is 1.46. The third-order valence-corrected chi connectivity index (χ3v) is 8.43. The Labute approximate surface area is 199 Å². The van der Waals surface area contributed by atoms with Crippen LogP contribution in [0.3, 0.4) is 0 Å². The quantitative estimate of drug-likeness (QED) is 0.427. The lowest BCUT2D eigenvalue weighted by Gasteiger charge is -2.22. The van der Waals surface area contributed by atoms with Gasteiger partial charge in [-0.05, 0) is 58.1 Å². The van der Waals surface area contributed by atoms with Gasteiger partial charge in [-0.15, -0.1) is 0 Å². The molecule has 0 fully saturated rings. The molecule has 1 amide bonds. The van der Waals surface area contributed by atoms with Gasteiger partial charge in [0.1, 0.15) is 11.3 Å². The number of hydrogen-bond donors (Lipinski definition) is 0. The summed E-state index contributed by atoms with van der Waals surface area (Å²) in [5, 5.41) is 0.603. The van der Waals surface area contributed by atoms with Crippen LogP contribution in [0.2, 0.25) is 0 Å². The van der Waals surface area contributed by atoms with E-state index in [1.54, 1.807) is 36.3 Å². The Hall–Kier alpha value is -2.49. The zero-order valence-electron chi connectivity index (χ0n) is 19.8. The highest BCUT2D eigenvalue weighted by atomic mass is 32.2. The molecule has 2 aromatic carbocycles. The molecule has 9 heteroatoms. The minimum atomic E-state index is -3.43. The molecule has 0 saturated carbocycles. The number of likely N-dealkylation sites (N-methyl/N-ethyl adjacent to an activating group) is 1. The maximum atomic E-state index is 13.2. The van der Waals surface area contributed by atoms with Crippen LogP contribution in [0.5, 0.6) is 5.75 Å². The first-order valence-corrected chi connectivity index (χ1v) is 13.3. The topological polar surface area (TPSA) is 79.8 Å². The summed E-state index contributed by atoms with van der Waals surface area (Å²) in [6.07, 6.45) is 0.380. The Morgan fingerprint density at radius 2 is 1.76 bits per heavy atom. The van der Waals surface area contributed by atoms with Crippen molar-refractivity contribution in [1.82, 2.24) is 9.88 Å². The van der Waals surface area contributed by atoms with Crippen molar-refractivity contribution in [3.05, 3.63) is 47.5 Å². The van der Waals surface area contributed by atoms with E-state index in [-0.39, 0.29) is 24.5 Å². The first kappa shape index (κ1) is 25.1. The number of anilines is 1. The van der Waals surface area contributed by atoms with Gasteiger partial charge in [-0.25, -0.2) is 13.4 Å². The van der Waals surface area contributed by atoms with Crippen LogP contribution in [-0.4, -0.2) is 64.3 Å². The summed E-state index contributed by atoms with van der Waals surface area (Å²) in [4.78, 5) is 21.9. The maximum Gasteiger partial charge on any atom is 0.228 e. The van der Waals surface area contributed by atoms with Crippen molar-refractivity contribution in [1.29, 1.82) is 0 Å². The zero-order chi connectivity index (χ0) is 24.2. The number of aromatic nitrogens is 1. The van der Waals surface area contributed by atoms with E-state index in [9.17, 15) is 13.2 Å². The van der Waals surface area contributed by atoms with Gasteiger partial charge in [0, 0.05) is 19.5 Å². The van der Waals surface area contributed by atoms with E-state index in [2.05, 4.69) is 0 Å². The summed E-state index contributed by atoms with van der Waals surface area (Å²) in [5.41, 5.74) is 2.81. The zero-order valence-corrected chi connectivity index (χ0v) is 21.4. The molecule has 0 radical (unpaired) electrons. The maximum absolute atomic E-state index is 13.2. The third kappa shape index (κ3) is 6.10. The average Bonchev–Trinajstić information content (AvgIpc) is 3.20. The van der Waals surface area contributed by atoms with Gasteiger partial charge in [0.15, 0.2) is 15.0 Å². The molecule has 0 aliphatic heterocycles. The molecule has 33 heavy (non-hydrogen) atoms. The van der Waals surface area contributed by atoms with Gasteiger partial charge in [-0.2, -0.15) is 0 Å². The van der Waals surface area contributed by atoms with Crippen molar-refractivity contribution in [3.8, 4) is 5.75 Å². The number of hydrogen-bond acceptors (Lipinski definition) is 7. The van der Waals surface area contributed by atoms with Crippen LogP contribution in [-0.2, 0) is 14.6 Å².